The molecule has 0 radical (unpaired) electrons. The Morgan fingerprint density at radius 3 is 2.50 bits per heavy atom. The van der Waals surface area contributed by atoms with Gasteiger partial charge in [-0.25, -0.2) is 13.1 Å². The molecule has 2 aliphatic heterocycles. The summed E-state index contributed by atoms with van der Waals surface area (Å²) in [5.41, 5.74) is 1.07. The van der Waals surface area contributed by atoms with Gasteiger partial charge in [-0.15, -0.1) is 0 Å². The van der Waals surface area contributed by atoms with E-state index in [0.717, 1.165) is 67.8 Å². The van der Waals surface area contributed by atoms with Crippen LogP contribution in [0.3, 0.4) is 0 Å². The first-order valence-corrected chi connectivity index (χ1v) is 15.3. The van der Waals surface area contributed by atoms with Crippen LogP contribution in [0.15, 0.2) is 59.5 Å². The van der Waals surface area contributed by atoms with E-state index in [0.29, 0.717) is 34.7 Å². The molecule has 2 heterocycles. The van der Waals surface area contributed by atoms with E-state index in [4.69, 9.17) is 21.1 Å². The second kappa shape index (κ2) is 11.7. The number of fused-ring (bicyclic) bond motifs is 2. The lowest BCUT2D eigenvalue weighted by atomic mass is 9.97. The third-order valence-corrected chi connectivity index (χ3v) is 9.32. The Kier molecular flexibility index (Phi) is 8.33. The van der Waals surface area contributed by atoms with Crippen molar-refractivity contribution in [1.82, 2.24) is 9.62 Å². The van der Waals surface area contributed by atoms with E-state index in [1.54, 1.807) is 18.2 Å². The van der Waals surface area contributed by atoms with Crippen molar-refractivity contribution in [3.63, 3.8) is 0 Å². The first-order valence-electron chi connectivity index (χ1n) is 13.5. The van der Waals surface area contributed by atoms with Crippen molar-refractivity contribution in [1.29, 1.82) is 0 Å². The van der Waals surface area contributed by atoms with Crippen LogP contribution in [0, 0.1) is 5.92 Å². The second-order valence-corrected chi connectivity index (χ2v) is 12.2. The van der Waals surface area contributed by atoms with Crippen LogP contribution in [0.4, 0.5) is 5.69 Å². The van der Waals surface area contributed by atoms with Crippen molar-refractivity contribution in [3.8, 4) is 11.5 Å². The van der Waals surface area contributed by atoms with Crippen molar-refractivity contribution < 1.29 is 17.9 Å². The quantitative estimate of drug-likeness (QED) is 0.391. The number of hydrogen-bond acceptors (Lipinski definition) is 6. The number of sulfonamides is 1. The molecule has 0 aromatic heterocycles. The molecule has 0 aliphatic carbocycles. The highest BCUT2D eigenvalue weighted by Gasteiger charge is 2.27. The predicted octanol–water partition coefficient (Wildman–Crippen LogP) is 5.17. The Bertz CT molecular complexity index is 1370. The van der Waals surface area contributed by atoms with Gasteiger partial charge < -0.3 is 14.4 Å². The fraction of sp³-hybridized carbons (Fsp3) is 0.448. The molecule has 1 atom stereocenters. The average Bonchev–Trinajstić information content (AvgIpc) is 2.93. The van der Waals surface area contributed by atoms with Gasteiger partial charge in [-0.2, -0.15) is 0 Å². The van der Waals surface area contributed by atoms with Crippen LogP contribution in [0.5, 0.6) is 11.5 Å². The van der Waals surface area contributed by atoms with Gasteiger partial charge in [0.1, 0.15) is 12.7 Å². The van der Waals surface area contributed by atoms with Crippen molar-refractivity contribution in [2.24, 2.45) is 5.92 Å². The van der Waals surface area contributed by atoms with Gasteiger partial charge in [-0.1, -0.05) is 35.9 Å². The largest absolute Gasteiger partial charge is 0.486 e. The molecule has 5 rings (SSSR count). The third-order valence-electron chi connectivity index (χ3n) is 7.61. The van der Waals surface area contributed by atoms with Crippen LogP contribution in [0.1, 0.15) is 26.7 Å². The van der Waals surface area contributed by atoms with Crippen LogP contribution < -0.4 is 19.1 Å². The molecule has 2 aliphatic rings. The standard InChI is InChI=1S/C29H36ClN3O4S/c1-3-33(4-2)26-9-5-8-25-24(26)7-6-10-29(25)38(34,35)31-18-21-13-15-32(16-14-21)19-23-20-36-27-12-11-22(30)17-28(27)37-23/h5-12,17,21,23,31H,3-4,13-16,18-20H2,1-2H3/t23-/m0/s1. The molecule has 0 spiro atoms. The predicted molar refractivity (Wildman–Crippen MR) is 153 cm³/mol. The summed E-state index contributed by atoms with van der Waals surface area (Å²) in [6.07, 6.45) is 1.81. The van der Waals surface area contributed by atoms with Crippen LogP contribution in [-0.4, -0.2) is 65.3 Å². The van der Waals surface area contributed by atoms with Gasteiger partial charge in [0.05, 0.1) is 4.90 Å². The Morgan fingerprint density at radius 1 is 1.00 bits per heavy atom. The maximum atomic E-state index is 13.4. The number of hydrogen-bond donors (Lipinski definition) is 1. The fourth-order valence-corrected chi connectivity index (χ4v) is 6.98. The smallest absolute Gasteiger partial charge is 0.241 e. The van der Waals surface area contributed by atoms with E-state index >= 15 is 0 Å². The van der Waals surface area contributed by atoms with Crippen LogP contribution >= 0.6 is 11.6 Å². The molecule has 1 saturated heterocycles. The van der Waals surface area contributed by atoms with Crippen molar-refractivity contribution >= 4 is 38.1 Å². The summed E-state index contributed by atoms with van der Waals surface area (Å²) in [6, 6.07) is 16.9. The van der Waals surface area contributed by atoms with E-state index in [9.17, 15) is 8.42 Å². The van der Waals surface area contributed by atoms with Gasteiger partial charge in [-0.3, -0.25) is 4.90 Å². The first-order chi connectivity index (χ1) is 18.4. The molecule has 0 unspecified atom stereocenters. The fourth-order valence-electron chi connectivity index (χ4n) is 5.48. The van der Waals surface area contributed by atoms with E-state index in [1.165, 1.54) is 0 Å². The average molecular weight is 558 g/mol. The SMILES string of the molecule is CCN(CC)c1cccc2c(S(=O)(=O)NCC3CCN(C[C@H]4COc5ccc(Cl)cc5O4)CC3)cccc12. The van der Waals surface area contributed by atoms with Gasteiger partial charge in [0.15, 0.2) is 11.5 Å². The van der Waals surface area contributed by atoms with Gasteiger partial charge in [0.2, 0.25) is 10.0 Å². The summed E-state index contributed by atoms with van der Waals surface area (Å²) in [4.78, 5) is 4.96. The molecule has 38 heavy (non-hydrogen) atoms. The van der Waals surface area contributed by atoms with Gasteiger partial charge >= 0.3 is 0 Å². The summed E-state index contributed by atoms with van der Waals surface area (Å²) in [7, 11) is -3.64. The van der Waals surface area contributed by atoms with Crippen LogP contribution in [0.25, 0.3) is 10.8 Å². The number of nitrogens with one attached hydrogen (secondary N) is 1. The number of anilines is 1. The maximum Gasteiger partial charge on any atom is 0.241 e. The Morgan fingerprint density at radius 2 is 1.74 bits per heavy atom. The molecule has 204 valence electrons. The summed E-state index contributed by atoms with van der Waals surface area (Å²) >= 11 is 6.10. The second-order valence-electron chi connectivity index (χ2n) is 10.0. The van der Waals surface area contributed by atoms with Gasteiger partial charge in [-0.05, 0) is 70.0 Å². The summed E-state index contributed by atoms with van der Waals surface area (Å²) in [6.45, 7) is 9.48. The highest BCUT2D eigenvalue weighted by atomic mass is 35.5. The Balaban J connectivity index is 1.17. The Labute approximate surface area is 230 Å². The molecule has 0 amide bonds. The molecule has 7 nitrogen and oxygen atoms in total. The van der Waals surface area contributed by atoms with Crippen LogP contribution in [0.2, 0.25) is 5.02 Å². The number of benzene rings is 3. The van der Waals surface area contributed by atoms with Gasteiger partial charge in [0.25, 0.3) is 0 Å². The molecular formula is C29H36ClN3O4S. The number of piperidine rings is 1. The molecule has 0 saturated carbocycles. The topological polar surface area (TPSA) is 71.1 Å². The minimum absolute atomic E-state index is 0.0522. The highest BCUT2D eigenvalue weighted by Crippen LogP contribution is 2.35. The monoisotopic (exact) mass is 557 g/mol. The number of halogens is 1. The third kappa shape index (κ3) is 5.88. The van der Waals surface area contributed by atoms with Crippen molar-refractivity contribution in [2.45, 2.75) is 37.7 Å². The zero-order valence-electron chi connectivity index (χ0n) is 22.0. The van der Waals surface area contributed by atoms with E-state index in [-0.39, 0.29) is 6.10 Å². The van der Waals surface area contributed by atoms with E-state index < -0.39 is 10.0 Å². The zero-order valence-corrected chi connectivity index (χ0v) is 23.6. The number of likely N-dealkylation sites (tertiary alicyclic amines) is 1. The highest BCUT2D eigenvalue weighted by molar-refractivity contribution is 7.89. The zero-order chi connectivity index (χ0) is 26.7. The molecule has 0 bridgehead atoms. The molecule has 3 aromatic carbocycles. The van der Waals surface area contributed by atoms with E-state index in [2.05, 4.69) is 34.4 Å². The maximum absolute atomic E-state index is 13.4. The number of rotatable bonds is 9. The van der Waals surface area contributed by atoms with E-state index in [1.807, 2.05) is 30.3 Å². The van der Waals surface area contributed by atoms with Crippen LogP contribution in [-0.2, 0) is 10.0 Å². The van der Waals surface area contributed by atoms with Gasteiger partial charge in [0, 0.05) is 53.7 Å². The normalized spacial score (nSPS) is 18.6. The van der Waals surface area contributed by atoms with Crippen molar-refractivity contribution in [2.75, 3.05) is 50.8 Å². The lowest BCUT2D eigenvalue weighted by Gasteiger charge is -2.35. The lowest BCUT2D eigenvalue weighted by Crippen LogP contribution is -2.45. The molecule has 1 fully saturated rings. The molecular weight excluding hydrogens is 522 g/mol. The first kappa shape index (κ1) is 27.1. The summed E-state index contributed by atoms with van der Waals surface area (Å²) < 4.78 is 41.6. The molecule has 9 heteroatoms. The molecule has 3 aromatic rings. The van der Waals surface area contributed by atoms with Crippen molar-refractivity contribution in [3.05, 3.63) is 59.6 Å². The Hall–Kier alpha value is -2.52. The molecule has 1 N–H and O–H groups in total. The summed E-state index contributed by atoms with van der Waals surface area (Å²) in [5, 5.41) is 2.35. The summed E-state index contributed by atoms with van der Waals surface area (Å²) in [5.74, 6) is 1.72. The lowest BCUT2D eigenvalue weighted by molar-refractivity contribution is 0.0481. The minimum atomic E-state index is -3.64. The number of ether oxygens (including phenoxy) is 2. The minimum Gasteiger partial charge on any atom is -0.486 e. The number of nitrogens with zero attached hydrogens (tertiary/aromatic N) is 2.